The average molecular weight is 489 g/mol. The Hall–Kier alpha value is -3.33. The van der Waals surface area contributed by atoms with Crippen LogP contribution in [0.1, 0.15) is 18.1 Å². The van der Waals surface area contributed by atoms with Crippen LogP contribution in [0.5, 0.6) is 11.5 Å². The molecule has 2 aromatic rings. The number of nitrogens with zero attached hydrogens (tertiary/aromatic N) is 1. The summed E-state index contributed by atoms with van der Waals surface area (Å²) in [6.07, 6.45) is 1.51. The van der Waals surface area contributed by atoms with Crippen LogP contribution >= 0.6 is 15.9 Å². The second-order valence-electron chi connectivity index (χ2n) is 6.48. The lowest BCUT2D eigenvalue weighted by atomic mass is 10.1. The fourth-order valence-corrected chi connectivity index (χ4v) is 3.28. The third-order valence-electron chi connectivity index (χ3n) is 4.38. The van der Waals surface area contributed by atoms with Gasteiger partial charge in [-0.15, -0.1) is 0 Å². The second kappa shape index (κ2) is 10.1. The van der Waals surface area contributed by atoms with E-state index < -0.39 is 24.5 Å². The van der Waals surface area contributed by atoms with E-state index >= 15 is 0 Å². The molecule has 9 heteroatoms. The Morgan fingerprint density at radius 2 is 1.84 bits per heavy atom. The molecule has 1 saturated heterocycles. The molecule has 0 spiro atoms. The Morgan fingerprint density at radius 1 is 1.13 bits per heavy atom. The lowest BCUT2D eigenvalue weighted by Crippen LogP contribution is -2.36. The van der Waals surface area contributed by atoms with Crippen LogP contribution < -0.4 is 14.8 Å². The predicted octanol–water partition coefficient (Wildman–Crippen LogP) is 3.49. The van der Waals surface area contributed by atoms with Crippen molar-refractivity contribution in [3.05, 3.63) is 63.8 Å². The van der Waals surface area contributed by atoms with Gasteiger partial charge in [0.1, 0.15) is 18.8 Å². The van der Waals surface area contributed by atoms with Crippen LogP contribution in [0.4, 0.5) is 4.79 Å². The van der Waals surface area contributed by atoms with Crippen molar-refractivity contribution in [3.8, 4) is 11.5 Å². The topological polar surface area (TPSA) is 94.2 Å². The molecule has 31 heavy (non-hydrogen) atoms. The largest absolute Gasteiger partial charge is 0.490 e. The molecule has 1 heterocycles. The summed E-state index contributed by atoms with van der Waals surface area (Å²) in [7, 11) is 1.19. The molecule has 3 amide bonds. The van der Waals surface area contributed by atoms with E-state index in [0.717, 1.165) is 10.5 Å². The maximum Gasteiger partial charge on any atom is 0.329 e. The summed E-state index contributed by atoms with van der Waals surface area (Å²) in [6, 6.07) is 12.5. The van der Waals surface area contributed by atoms with E-state index in [4.69, 9.17) is 9.47 Å². The van der Waals surface area contributed by atoms with E-state index in [9.17, 15) is 14.4 Å². The van der Waals surface area contributed by atoms with Gasteiger partial charge in [0, 0.05) is 4.47 Å². The summed E-state index contributed by atoms with van der Waals surface area (Å²) in [6.45, 7) is 2.18. The Kier molecular flexibility index (Phi) is 7.30. The van der Waals surface area contributed by atoms with Crippen molar-refractivity contribution in [1.82, 2.24) is 10.2 Å². The number of amides is 3. The molecule has 0 unspecified atom stereocenters. The zero-order valence-electron chi connectivity index (χ0n) is 17.0. The minimum Gasteiger partial charge on any atom is -0.490 e. The molecule has 0 radical (unpaired) electrons. The highest BCUT2D eigenvalue weighted by atomic mass is 79.9. The molecule has 0 atom stereocenters. The number of carbonyl (C=O) groups excluding carboxylic acids is 3. The molecule has 1 aliphatic heterocycles. The Morgan fingerprint density at radius 3 is 2.52 bits per heavy atom. The molecule has 2 aromatic carbocycles. The smallest absolute Gasteiger partial charge is 0.329 e. The number of urea groups is 1. The van der Waals surface area contributed by atoms with Gasteiger partial charge in [-0.1, -0.05) is 46.3 Å². The van der Waals surface area contributed by atoms with Crippen molar-refractivity contribution < 1.29 is 28.6 Å². The molecular formula is C22H21BrN2O6. The van der Waals surface area contributed by atoms with Gasteiger partial charge in [0.15, 0.2) is 11.5 Å². The number of hydrogen-bond donors (Lipinski definition) is 1. The molecule has 1 fully saturated rings. The van der Waals surface area contributed by atoms with Gasteiger partial charge in [-0.3, -0.25) is 9.59 Å². The van der Waals surface area contributed by atoms with Crippen molar-refractivity contribution in [1.29, 1.82) is 0 Å². The van der Waals surface area contributed by atoms with Gasteiger partial charge >= 0.3 is 12.0 Å². The van der Waals surface area contributed by atoms with E-state index in [1.54, 1.807) is 12.1 Å². The van der Waals surface area contributed by atoms with E-state index in [2.05, 4.69) is 26.0 Å². The zero-order valence-corrected chi connectivity index (χ0v) is 18.6. The van der Waals surface area contributed by atoms with E-state index in [0.29, 0.717) is 34.7 Å². The molecule has 3 rings (SSSR count). The van der Waals surface area contributed by atoms with Crippen molar-refractivity contribution in [3.63, 3.8) is 0 Å². The maximum absolute atomic E-state index is 12.5. The number of methoxy groups -OCH3 is 1. The molecule has 162 valence electrons. The van der Waals surface area contributed by atoms with Gasteiger partial charge in [-0.05, 0) is 36.3 Å². The minimum absolute atomic E-state index is 0.0370. The third kappa shape index (κ3) is 5.43. The summed E-state index contributed by atoms with van der Waals surface area (Å²) in [5.74, 6) is -0.278. The van der Waals surface area contributed by atoms with Crippen LogP contribution in [-0.2, 0) is 20.9 Å². The van der Waals surface area contributed by atoms with Gasteiger partial charge in [0.05, 0.1) is 13.7 Å². The molecule has 1 aliphatic rings. The first kappa shape index (κ1) is 22.4. The van der Waals surface area contributed by atoms with Gasteiger partial charge in [0.2, 0.25) is 0 Å². The second-order valence-corrected chi connectivity index (χ2v) is 7.34. The van der Waals surface area contributed by atoms with Crippen LogP contribution in [0.3, 0.4) is 0 Å². The molecule has 8 nitrogen and oxygen atoms in total. The van der Waals surface area contributed by atoms with Crippen molar-refractivity contribution >= 4 is 39.9 Å². The number of hydrogen-bond acceptors (Lipinski definition) is 6. The quantitative estimate of drug-likeness (QED) is 0.347. The monoisotopic (exact) mass is 488 g/mol. The molecule has 1 N–H and O–H groups in total. The lowest BCUT2D eigenvalue weighted by molar-refractivity contribution is -0.143. The zero-order chi connectivity index (χ0) is 22.4. The van der Waals surface area contributed by atoms with Crippen LogP contribution in [-0.4, -0.2) is 43.1 Å². The number of ether oxygens (including phenoxy) is 3. The van der Waals surface area contributed by atoms with Gasteiger partial charge < -0.3 is 19.5 Å². The molecule has 0 bridgehead atoms. The standard InChI is InChI=1S/C22H21BrN2O6/c1-3-30-18-10-15(9-17-21(27)25(22(28)24-17)12-20(26)29-2)16(23)11-19(18)31-13-14-7-5-4-6-8-14/h4-11H,3,12-13H2,1-2H3,(H,24,28)/b17-9+. The Balaban J connectivity index is 1.84. The first-order valence-corrected chi connectivity index (χ1v) is 10.3. The highest BCUT2D eigenvalue weighted by Gasteiger charge is 2.35. The molecule has 0 aliphatic carbocycles. The number of rotatable bonds is 8. The highest BCUT2D eigenvalue weighted by molar-refractivity contribution is 9.10. The molecule has 0 aromatic heterocycles. The van der Waals surface area contributed by atoms with Crippen LogP contribution in [0, 0.1) is 0 Å². The van der Waals surface area contributed by atoms with Crippen LogP contribution in [0.25, 0.3) is 6.08 Å². The SMILES string of the molecule is CCOc1cc(/C=C2/NC(=O)N(CC(=O)OC)C2=O)c(Br)cc1OCc1ccccc1. The van der Waals surface area contributed by atoms with Crippen LogP contribution in [0.2, 0.25) is 0 Å². The number of esters is 1. The molecular weight excluding hydrogens is 468 g/mol. The Labute approximate surface area is 187 Å². The number of imide groups is 1. The first-order chi connectivity index (χ1) is 14.9. The van der Waals surface area contributed by atoms with Crippen LogP contribution in [0.15, 0.2) is 52.6 Å². The summed E-state index contributed by atoms with van der Waals surface area (Å²) in [4.78, 5) is 36.8. The van der Waals surface area contributed by atoms with Crippen molar-refractivity contribution in [2.45, 2.75) is 13.5 Å². The number of benzene rings is 2. The summed E-state index contributed by atoms with van der Waals surface area (Å²) in [5.41, 5.74) is 1.64. The van der Waals surface area contributed by atoms with E-state index in [1.165, 1.54) is 13.2 Å². The van der Waals surface area contributed by atoms with Crippen molar-refractivity contribution in [2.75, 3.05) is 20.3 Å². The number of nitrogens with one attached hydrogen (secondary N) is 1. The highest BCUT2D eigenvalue weighted by Crippen LogP contribution is 2.35. The van der Waals surface area contributed by atoms with E-state index in [-0.39, 0.29) is 5.70 Å². The lowest BCUT2D eigenvalue weighted by Gasteiger charge is -2.14. The molecule has 0 saturated carbocycles. The number of halogens is 1. The third-order valence-corrected chi connectivity index (χ3v) is 5.06. The normalized spacial score (nSPS) is 14.5. The summed E-state index contributed by atoms with van der Waals surface area (Å²) < 4.78 is 16.8. The average Bonchev–Trinajstić information content (AvgIpc) is 3.02. The van der Waals surface area contributed by atoms with E-state index in [1.807, 2.05) is 37.3 Å². The Bertz CT molecular complexity index is 1020. The number of carbonyl (C=O) groups is 3. The van der Waals surface area contributed by atoms with Gasteiger partial charge in [0.25, 0.3) is 5.91 Å². The minimum atomic E-state index is -0.690. The predicted molar refractivity (Wildman–Crippen MR) is 116 cm³/mol. The fourth-order valence-electron chi connectivity index (χ4n) is 2.84. The van der Waals surface area contributed by atoms with Gasteiger partial charge in [-0.25, -0.2) is 9.69 Å². The fraction of sp³-hybridized carbons (Fsp3) is 0.227. The first-order valence-electron chi connectivity index (χ1n) is 9.47. The van der Waals surface area contributed by atoms with Gasteiger partial charge in [-0.2, -0.15) is 0 Å². The summed E-state index contributed by atoms with van der Waals surface area (Å²) >= 11 is 3.48. The maximum atomic E-state index is 12.5. The van der Waals surface area contributed by atoms with Crippen molar-refractivity contribution in [2.24, 2.45) is 0 Å². The summed E-state index contributed by atoms with van der Waals surface area (Å²) in [5, 5.41) is 2.47.